The van der Waals surface area contributed by atoms with Crippen LogP contribution in [-0.2, 0) is 6.54 Å². The molecule has 4 aromatic rings. The van der Waals surface area contributed by atoms with Crippen LogP contribution in [0.5, 0.6) is 0 Å². The lowest BCUT2D eigenvalue weighted by atomic mass is 9.98. The van der Waals surface area contributed by atoms with Gasteiger partial charge in [0, 0.05) is 29.6 Å². The molecule has 2 heterocycles. The molecule has 2 nitrogen and oxygen atoms in total. The molecule has 28 heavy (non-hydrogen) atoms. The number of hydrogen-bond donors (Lipinski definition) is 0. The molecule has 2 heteroatoms. The summed E-state index contributed by atoms with van der Waals surface area (Å²) >= 11 is 0. The van der Waals surface area contributed by atoms with Crippen molar-refractivity contribution in [3.05, 3.63) is 84.9 Å². The summed E-state index contributed by atoms with van der Waals surface area (Å²) in [5.41, 5.74) is 6.60. The van der Waals surface area contributed by atoms with Crippen molar-refractivity contribution in [3.63, 3.8) is 0 Å². The molecule has 1 aliphatic heterocycles. The molecule has 0 bridgehead atoms. The first kappa shape index (κ1) is 17.3. The third-order valence-electron chi connectivity index (χ3n) is 5.92. The van der Waals surface area contributed by atoms with Crippen molar-refractivity contribution < 1.29 is 0 Å². The third-order valence-corrected chi connectivity index (χ3v) is 5.92. The molecular weight excluding hydrogens is 340 g/mol. The lowest BCUT2D eigenvalue weighted by Crippen LogP contribution is -2.24. The van der Waals surface area contributed by atoms with E-state index in [2.05, 4.69) is 94.4 Å². The second kappa shape index (κ2) is 7.65. The number of nitrogens with zero attached hydrogens (tertiary/aromatic N) is 2. The minimum Gasteiger partial charge on any atom is -0.339 e. The van der Waals surface area contributed by atoms with Crippen molar-refractivity contribution in [2.45, 2.75) is 19.4 Å². The van der Waals surface area contributed by atoms with Gasteiger partial charge in [0.1, 0.15) is 0 Å². The van der Waals surface area contributed by atoms with E-state index < -0.39 is 0 Å². The van der Waals surface area contributed by atoms with Crippen LogP contribution in [0.15, 0.2) is 84.9 Å². The number of benzene rings is 3. The Morgan fingerprint density at radius 2 is 1.21 bits per heavy atom. The van der Waals surface area contributed by atoms with E-state index in [9.17, 15) is 0 Å². The highest BCUT2D eigenvalue weighted by molar-refractivity contribution is 6.04. The van der Waals surface area contributed by atoms with Crippen LogP contribution in [-0.4, -0.2) is 29.1 Å². The van der Waals surface area contributed by atoms with Crippen molar-refractivity contribution >= 4 is 10.9 Å². The van der Waals surface area contributed by atoms with Gasteiger partial charge in [0.25, 0.3) is 0 Å². The fraction of sp³-hybridized carbons (Fsp3) is 0.231. The number of fused-ring (bicyclic) bond motifs is 1. The molecule has 1 aromatic heterocycles. The summed E-state index contributed by atoms with van der Waals surface area (Å²) in [6.45, 7) is 4.63. The lowest BCUT2D eigenvalue weighted by Gasteiger charge is -2.18. The second-order valence-corrected chi connectivity index (χ2v) is 7.67. The number of likely N-dealkylation sites (tertiary alicyclic amines) is 1. The highest BCUT2D eigenvalue weighted by Gasteiger charge is 2.20. The molecule has 1 fully saturated rings. The van der Waals surface area contributed by atoms with E-state index in [1.54, 1.807) is 0 Å². The summed E-state index contributed by atoms with van der Waals surface area (Å²) in [5.74, 6) is 0. The standard InChI is InChI=1S/C26H26N2/c1-3-11-21(12-4-1)25-23-15-7-8-16-24(23)28(20-19-27-17-9-10-18-27)26(25)22-13-5-2-6-14-22/h1-8,11-16H,9-10,17-20H2. The largest absolute Gasteiger partial charge is 0.339 e. The van der Waals surface area contributed by atoms with Gasteiger partial charge in [0.05, 0.1) is 5.69 Å². The Labute approximate surface area is 167 Å². The van der Waals surface area contributed by atoms with Crippen molar-refractivity contribution in [2.24, 2.45) is 0 Å². The van der Waals surface area contributed by atoms with E-state index in [4.69, 9.17) is 0 Å². The quantitative estimate of drug-likeness (QED) is 0.416. The first-order valence-corrected chi connectivity index (χ1v) is 10.4. The molecule has 1 saturated heterocycles. The van der Waals surface area contributed by atoms with E-state index in [1.165, 1.54) is 59.2 Å². The monoisotopic (exact) mass is 366 g/mol. The van der Waals surface area contributed by atoms with Crippen LogP contribution in [0.4, 0.5) is 0 Å². The average Bonchev–Trinajstić information content (AvgIpc) is 3.39. The maximum Gasteiger partial charge on any atom is 0.0571 e. The van der Waals surface area contributed by atoms with Crippen molar-refractivity contribution in [2.75, 3.05) is 19.6 Å². The van der Waals surface area contributed by atoms with Gasteiger partial charge in [-0.15, -0.1) is 0 Å². The summed E-state index contributed by atoms with van der Waals surface area (Å²) in [6.07, 6.45) is 2.68. The maximum atomic E-state index is 2.60. The first-order chi connectivity index (χ1) is 13.9. The van der Waals surface area contributed by atoms with E-state index in [0.717, 1.165) is 13.1 Å². The van der Waals surface area contributed by atoms with Crippen LogP contribution >= 0.6 is 0 Å². The van der Waals surface area contributed by atoms with Gasteiger partial charge >= 0.3 is 0 Å². The predicted octanol–water partition coefficient (Wildman–Crippen LogP) is 6.07. The van der Waals surface area contributed by atoms with Gasteiger partial charge in [-0.3, -0.25) is 0 Å². The Balaban J connectivity index is 1.72. The van der Waals surface area contributed by atoms with Gasteiger partial charge < -0.3 is 9.47 Å². The molecule has 1 aliphatic rings. The van der Waals surface area contributed by atoms with Gasteiger partial charge in [-0.05, 0) is 43.1 Å². The lowest BCUT2D eigenvalue weighted by molar-refractivity contribution is 0.325. The molecule has 0 radical (unpaired) electrons. The molecule has 0 saturated carbocycles. The fourth-order valence-electron chi connectivity index (χ4n) is 4.58. The summed E-state index contributed by atoms with van der Waals surface area (Å²) in [6, 6.07) is 30.6. The zero-order chi connectivity index (χ0) is 18.8. The van der Waals surface area contributed by atoms with E-state index in [1.807, 2.05) is 0 Å². The molecule has 0 N–H and O–H groups in total. The zero-order valence-corrected chi connectivity index (χ0v) is 16.2. The normalized spacial score (nSPS) is 14.7. The number of para-hydroxylation sites is 1. The zero-order valence-electron chi connectivity index (χ0n) is 16.2. The molecule has 0 aliphatic carbocycles. The molecule has 0 amide bonds. The number of aromatic nitrogens is 1. The Kier molecular flexibility index (Phi) is 4.72. The van der Waals surface area contributed by atoms with E-state index >= 15 is 0 Å². The van der Waals surface area contributed by atoms with Crippen molar-refractivity contribution in [1.82, 2.24) is 9.47 Å². The van der Waals surface area contributed by atoms with E-state index in [-0.39, 0.29) is 0 Å². The average molecular weight is 367 g/mol. The molecule has 0 spiro atoms. The Bertz CT molecular complexity index is 1060. The minimum atomic E-state index is 1.03. The first-order valence-electron chi connectivity index (χ1n) is 10.4. The van der Waals surface area contributed by atoms with E-state index in [0.29, 0.717) is 0 Å². The van der Waals surface area contributed by atoms with Gasteiger partial charge in [0.2, 0.25) is 0 Å². The summed E-state index contributed by atoms with van der Waals surface area (Å²) in [4.78, 5) is 2.60. The van der Waals surface area contributed by atoms with Gasteiger partial charge in [-0.2, -0.15) is 0 Å². The summed E-state index contributed by atoms with van der Waals surface area (Å²) in [5, 5.41) is 1.34. The predicted molar refractivity (Wildman–Crippen MR) is 118 cm³/mol. The Hall–Kier alpha value is -2.84. The number of rotatable bonds is 5. The third kappa shape index (κ3) is 3.14. The van der Waals surface area contributed by atoms with Crippen molar-refractivity contribution in [1.29, 1.82) is 0 Å². The van der Waals surface area contributed by atoms with Crippen LogP contribution in [0, 0.1) is 0 Å². The topological polar surface area (TPSA) is 8.17 Å². The SMILES string of the molecule is c1ccc(-c2c(-c3ccccc3)n(CCN3CCCC3)c3ccccc23)cc1. The minimum absolute atomic E-state index is 1.03. The van der Waals surface area contributed by atoms with Gasteiger partial charge in [0.15, 0.2) is 0 Å². The Morgan fingerprint density at radius 3 is 1.93 bits per heavy atom. The van der Waals surface area contributed by atoms with Crippen LogP contribution in [0.3, 0.4) is 0 Å². The summed E-state index contributed by atoms with van der Waals surface area (Å²) < 4.78 is 2.55. The van der Waals surface area contributed by atoms with Gasteiger partial charge in [-0.25, -0.2) is 0 Å². The highest BCUT2D eigenvalue weighted by atomic mass is 15.2. The highest BCUT2D eigenvalue weighted by Crippen LogP contribution is 2.40. The molecule has 0 atom stereocenters. The maximum absolute atomic E-state index is 2.60. The molecule has 5 rings (SSSR count). The molecule has 3 aromatic carbocycles. The number of hydrogen-bond acceptors (Lipinski definition) is 1. The fourth-order valence-corrected chi connectivity index (χ4v) is 4.58. The summed E-state index contributed by atoms with van der Waals surface area (Å²) in [7, 11) is 0. The van der Waals surface area contributed by atoms with Crippen LogP contribution < -0.4 is 0 Å². The molecule has 140 valence electrons. The Morgan fingerprint density at radius 1 is 0.607 bits per heavy atom. The smallest absolute Gasteiger partial charge is 0.0571 e. The van der Waals surface area contributed by atoms with Crippen LogP contribution in [0.25, 0.3) is 33.3 Å². The van der Waals surface area contributed by atoms with Crippen LogP contribution in [0.1, 0.15) is 12.8 Å². The second-order valence-electron chi connectivity index (χ2n) is 7.67. The van der Waals surface area contributed by atoms with Crippen molar-refractivity contribution in [3.8, 4) is 22.4 Å². The molecule has 0 unspecified atom stereocenters. The van der Waals surface area contributed by atoms with Crippen LogP contribution in [0.2, 0.25) is 0 Å². The molecular formula is C26H26N2. The van der Waals surface area contributed by atoms with Gasteiger partial charge in [-0.1, -0.05) is 78.9 Å².